The first kappa shape index (κ1) is 11.3. The summed E-state index contributed by atoms with van der Waals surface area (Å²) >= 11 is 0. The van der Waals surface area contributed by atoms with Crippen LogP contribution < -0.4 is 0 Å². The first-order chi connectivity index (χ1) is 7.19. The minimum absolute atomic E-state index is 0.178. The largest absolute Gasteiger partial charge is 0.515 e. The molecule has 0 bridgehead atoms. The molecule has 0 aliphatic carbocycles. The number of aryl methyl sites for hydroxylation is 1. The van der Waals surface area contributed by atoms with Crippen molar-refractivity contribution < 1.29 is 14.6 Å². The molecule has 0 saturated carbocycles. The third-order valence-electron chi connectivity index (χ3n) is 1.99. The van der Waals surface area contributed by atoms with Crippen molar-refractivity contribution in [3.63, 3.8) is 0 Å². The Balaban J connectivity index is 2.94. The zero-order chi connectivity index (χ0) is 11.3. The lowest BCUT2D eigenvalue weighted by atomic mass is 10.1. The van der Waals surface area contributed by atoms with Gasteiger partial charge in [-0.3, -0.25) is 0 Å². The second-order valence-corrected chi connectivity index (χ2v) is 3.13. The van der Waals surface area contributed by atoms with Gasteiger partial charge in [-0.05, 0) is 19.4 Å². The Bertz CT molecular complexity index is 363. The molecule has 3 heteroatoms. The lowest BCUT2D eigenvalue weighted by molar-refractivity contribution is -0.136. The van der Waals surface area contributed by atoms with Crippen LogP contribution in [0.25, 0.3) is 5.57 Å². The predicted molar refractivity (Wildman–Crippen MR) is 58.4 cm³/mol. The van der Waals surface area contributed by atoms with Gasteiger partial charge in [-0.15, -0.1) is 0 Å². The van der Waals surface area contributed by atoms with Gasteiger partial charge >= 0.3 is 5.97 Å². The molecule has 1 rings (SSSR count). The van der Waals surface area contributed by atoms with Gasteiger partial charge in [0.15, 0.2) is 0 Å². The zero-order valence-corrected chi connectivity index (χ0v) is 8.86. The molecule has 0 fully saturated rings. The third-order valence-corrected chi connectivity index (χ3v) is 1.99. The van der Waals surface area contributed by atoms with E-state index in [-0.39, 0.29) is 5.57 Å². The van der Waals surface area contributed by atoms with E-state index in [1.165, 1.54) is 0 Å². The van der Waals surface area contributed by atoms with Crippen LogP contribution in [0.1, 0.15) is 18.1 Å². The molecule has 1 N–H and O–H groups in total. The Morgan fingerprint density at radius 3 is 2.47 bits per heavy atom. The summed E-state index contributed by atoms with van der Waals surface area (Å²) in [6, 6.07) is 7.29. The summed E-state index contributed by atoms with van der Waals surface area (Å²) in [5.41, 5.74) is 1.93. The molecule has 80 valence electrons. The number of benzene rings is 1. The SMILES string of the molecule is CCOC(=O)/C(=C\O)c1ccc(C)cc1. The number of hydrogen-bond acceptors (Lipinski definition) is 3. The van der Waals surface area contributed by atoms with Gasteiger partial charge in [-0.1, -0.05) is 29.8 Å². The second-order valence-electron chi connectivity index (χ2n) is 3.13. The van der Waals surface area contributed by atoms with E-state index in [0.717, 1.165) is 11.8 Å². The van der Waals surface area contributed by atoms with Gasteiger partial charge < -0.3 is 9.84 Å². The summed E-state index contributed by atoms with van der Waals surface area (Å²) < 4.78 is 4.81. The van der Waals surface area contributed by atoms with Crippen LogP contribution in [0.5, 0.6) is 0 Å². The van der Waals surface area contributed by atoms with Crippen molar-refractivity contribution in [1.29, 1.82) is 0 Å². The molecule has 3 nitrogen and oxygen atoms in total. The molecular weight excluding hydrogens is 192 g/mol. The molecule has 0 aliphatic heterocycles. The molecule has 15 heavy (non-hydrogen) atoms. The summed E-state index contributed by atoms with van der Waals surface area (Å²) in [6.07, 6.45) is 0.780. The van der Waals surface area contributed by atoms with Crippen LogP contribution in [0.2, 0.25) is 0 Å². The molecule has 0 aromatic heterocycles. The van der Waals surface area contributed by atoms with Gasteiger partial charge in [0.05, 0.1) is 12.9 Å². The van der Waals surface area contributed by atoms with E-state index in [9.17, 15) is 4.79 Å². The number of esters is 1. The van der Waals surface area contributed by atoms with Crippen molar-refractivity contribution in [3.05, 3.63) is 41.7 Å². The molecule has 1 aromatic carbocycles. The molecule has 0 unspecified atom stereocenters. The Morgan fingerprint density at radius 2 is 2.00 bits per heavy atom. The number of aliphatic hydroxyl groups is 1. The summed E-state index contributed by atoms with van der Waals surface area (Å²) in [5, 5.41) is 8.98. The molecule has 1 aromatic rings. The first-order valence-corrected chi connectivity index (χ1v) is 4.77. The van der Waals surface area contributed by atoms with Crippen LogP contribution in [-0.2, 0) is 9.53 Å². The maximum atomic E-state index is 11.4. The molecule has 0 radical (unpaired) electrons. The van der Waals surface area contributed by atoms with E-state index in [2.05, 4.69) is 0 Å². The van der Waals surface area contributed by atoms with E-state index in [0.29, 0.717) is 12.2 Å². The highest BCUT2D eigenvalue weighted by molar-refractivity contribution is 6.16. The van der Waals surface area contributed by atoms with Gasteiger partial charge in [0.1, 0.15) is 5.57 Å². The number of ether oxygens (including phenoxy) is 1. The van der Waals surface area contributed by atoms with Crippen LogP contribution in [-0.4, -0.2) is 17.7 Å². The minimum atomic E-state index is -0.510. The maximum Gasteiger partial charge on any atom is 0.341 e. The second kappa shape index (κ2) is 5.20. The van der Waals surface area contributed by atoms with E-state index in [1.807, 2.05) is 19.1 Å². The number of hydrogen-bond donors (Lipinski definition) is 1. The summed E-state index contributed by atoms with van der Waals surface area (Å²) in [5.74, 6) is -0.510. The Morgan fingerprint density at radius 1 is 1.40 bits per heavy atom. The van der Waals surface area contributed by atoms with Crippen molar-refractivity contribution in [2.75, 3.05) is 6.61 Å². The Hall–Kier alpha value is -1.77. The van der Waals surface area contributed by atoms with Gasteiger partial charge in [-0.2, -0.15) is 0 Å². The topological polar surface area (TPSA) is 46.5 Å². The molecule has 0 amide bonds. The van der Waals surface area contributed by atoms with Crippen LogP contribution in [0.15, 0.2) is 30.5 Å². The van der Waals surface area contributed by atoms with E-state index in [4.69, 9.17) is 9.84 Å². The molecule has 0 atom stereocenters. The smallest absolute Gasteiger partial charge is 0.341 e. The van der Waals surface area contributed by atoms with Crippen molar-refractivity contribution in [3.8, 4) is 0 Å². The van der Waals surface area contributed by atoms with Gasteiger partial charge in [0.2, 0.25) is 0 Å². The average molecular weight is 206 g/mol. The van der Waals surface area contributed by atoms with Gasteiger partial charge in [0, 0.05) is 0 Å². The zero-order valence-electron chi connectivity index (χ0n) is 8.86. The Kier molecular flexibility index (Phi) is 3.92. The third kappa shape index (κ3) is 2.84. The summed E-state index contributed by atoms with van der Waals surface area (Å²) in [6.45, 7) is 3.97. The lowest BCUT2D eigenvalue weighted by Crippen LogP contribution is -2.06. The predicted octanol–water partition coefficient (Wildman–Crippen LogP) is 2.46. The maximum absolute atomic E-state index is 11.4. The Labute approximate surface area is 89.0 Å². The van der Waals surface area contributed by atoms with Crippen LogP contribution in [0.3, 0.4) is 0 Å². The van der Waals surface area contributed by atoms with Crippen LogP contribution in [0, 0.1) is 6.92 Å². The minimum Gasteiger partial charge on any atom is -0.515 e. The van der Waals surface area contributed by atoms with Gasteiger partial charge in [-0.25, -0.2) is 4.79 Å². The van der Waals surface area contributed by atoms with Crippen LogP contribution >= 0.6 is 0 Å². The number of aliphatic hydroxyl groups excluding tert-OH is 1. The van der Waals surface area contributed by atoms with Crippen molar-refractivity contribution in [2.45, 2.75) is 13.8 Å². The van der Waals surface area contributed by atoms with Crippen molar-refractivity contribution in [2.24, 2.45) is 0 Å². The standard InChI is InChI=1S/C12H14O3/c1-3-15-12(14)11(8-13)10-6-4-9(2)5-7-10/h4-8,13H,3H2,1-2H3/b11-8-. The fourth-order valence-corrected chi connectivity index (χ4v) is 1.19. The number of carbonyl (C=O) groups is 1. The molecule has 0 saturated heterocycles. The fourth-order valence-electron chi connectivity index (χ4n) is 1.19. The first-order valence-electron chi connectivity index (χ1n) is 4.77. The van der Waals surface area contributed by atoms with E-state index in [1.54, 1.807) is 19.1 Å². The highest BCUT2D eigenvalue weighted by atomic mass is 16.5. The lowest BCUT2D eigenvalue weighted by Gasteiger charge is -2.05. The normalized spacial score (nSPS) is 11.2. The monoisotopic (exact) mass is 206 g/mol. The van der Waals surface area contributed by atoms with Crippen LogP contribution in [0.4, 0.5) is 0 Å². The highest BCUT2D eigenvalue weighted by Crippen LogP contribution is 2.16. The van der Waals surface area contributed by atoms with E-state index >= 15 is 0 Å². The number of rotatable bonds is 3. The number of carbonyl (C=O) groups excluding carboxylic acids is 1. The van der Waals surface area contributed by atoms with Crippen molar-refractivity contribution >= 4 is 11.5 Å². The average Bonchev–Trinajstić information content (AvgIpc) is 2.22. The molecular formula is C12H14O3. The van der Waals surface area contributed by atoms with Gasteiger partial charge in [0.25, 0.3) is 0 Å². The summed E-state index contributed by atoms with van der Waals surface area (Å²) in [7, 11) is 0. The quantitative estimate of drug-likeness (QED) is 0.469. The van der Waals surface area contributed by atoms with E-state index < -0.39 is 5.97 Å². The molecule has 0 heterocycles. The van der Waals surface area contributed by atoms with Crippen molar-refractivity contribution in [1.82, 2.24) is 0 Å². The highest BCUT2D eigenvalue weighted by Gasteiger charge is 2.12. The summed E-state index contributed by atoms with van der Waals surface area (Å²) in [4.78, 5) is 11.4. The molecule has 0 spiro atoms. The fraction of sp³-hybridized carbons (Fsp3) is 0.250. The molecule has 0 aliphatic rings.